The van der Waals surface area contributed by atoms with Gasteiger partial charge >= 0.3 is 23.9 Å². The lowest BCUT2D eigenvalue weighted by atomic mass is 9.74. The summed E-state index contributed by atoms with van der Waals surface area (Å²) in [5, 5.41) is 185. The minimum atomic E-state index is -3.11. The predicted octanol–water partition coefficient (Wildman–Crippen LogP) is -1.79. The third-order valence-corrected chi connectivity index (χ3v) is 11.5. The molecule has 0 spiro atoms. The maximum absolute atomic E-state index is 14.4. The second-order valence-electron chi connectivity index (χ2n) is 15.1. The molecule has 0 saturated carbocycles. The van der Waals surface area contributed by atoms with Crippen LogP contribution in [-0.2, 0) is 23.7 Å². The summed E-state index contributed by atoms with van der Waals surface area (Å²) in [7, 11) is 0. The van der Waals surface area contributed by atoms with Crippen molar-refractivity contribution in [2.45, 2.75) is 54.4 Å². The number of carbonyl (C=O) groups is 4. The molecule has 1 fully saturated rings. The maximum atomic E-state index is 14.4. The van der Waals surface area contributed by atoms with Crippen molar-refractivity contribution in [1.29, 1.82) is 0 Å². The van der Waals surface area contributed by atoms with Crippen molar-refractivity contribution in [3.8, 4) is 91.2 Å². The molecule has 4 aromatic rings. The van der Waals surface area contributed by atoms with Gasteiger partial charge in [0.05, 0.1) is 34.8 Å². The molecule has 0 aromatic heterocycles. The van der Waals surface area contributed by atoms with Gasteiger partial charge in [0.2, 0.25) is 28.8 Å². The minimum Gasteiger partial charge on any atom is -0.504 e. The Bertz CT molecular complexity index is 2780. The quantitative estimate of drug-likeness (QED) is 0.0613. The Balaban J connectivity index is 1.43. The van der Waals surface area contributed by atoms with Crippen LogP contribution in [0.4, 0.5) is 0 Å². The normalized spacial score (nSPS) is 27.3. The molecule has 4 aliphatic heterocycles. The molecule has 344 valence electrons. The Labute approximate surface area is 358 Å². The zero-order chi connectivity index (χ0) is 47.6. The lowest BCUT2D eigenvalue weighted by molar-refractivity contribution is -0.251. The Hall–Kier alpha value is -7.88. The van der Waals surface area contributed by atoms with Crippen molar-refractivity contribution in [3.05, 3.63) is 46.0 Å². The van der Waals surface area contributed by atoms with Gasteiger partial charge in [-0.25, -0.2) is 19.2 Å². The number of aliphatic hydroxyl groups excluding tert-OH is 4. The van der Waals surface area contributed by atoms with Crippen LogP contribution in [-0.4, -0.2) is 172 Å². The highest BCUT2D eigenvalue weighted by molar-refractivity contribution is 6.11. The molecule has 1 saturated heterocycles. The molecular weight excluding hydrogens is 884 g/mol. The van der Waals surface area contributed by atoms with E-state index in [1.807, 2.05) is 0 Å². The topological polar surface area (TPSA) is 458 Å². The first-order chi connectivity index (χ1) is 30.5. The standard InChI is InChI=1S/C39H32O26/c40-5-39(60)34(55)29(54)31(65-39)19-17-18-16(26(51)28(53)27(17)52)15-8(3-11(43)22(47)25(15)50)37(58)64-33(32(19)63-38(18)59)30-12(44)4-61-35(56)6-1-9(41)20(45)23(48)13(6)14-7(36(57)62-30)2-10(42)21(46)24(14)49/h1-3,12,19,29-34,40-55,60H,4-5H2/t12-,19+,29+,30-,31+,32-,33+,34+,39+/m1/s1. The number of phenolic OH excluding ortho intramolecular Hbond substituents is 12. The van der Waals surface area contributed by atoms with Crippen LogP contribution in [0.5, 0.6) is 69.0 Å². The van der Waals surface area contributed by atoms with Gasteiger partial charge in [-0.15, -0.1) is 0 Å². The molecule has 0 aliphatic carbocycles. The molecule has 26 heteroatoms. The first-order valence-corrected chi connectivity index (χ1v) is 18.5. The Morgan fingerprint density at radius 3 is 1.40 bits per heavy atom. The monoisotopic (exact) mass is 916 g/mol. The van der Waals surface area contributed by atoms with Crippen molar-refractivity contribution >= 4 is 23.9 Å². The number of hydrogen-bond donors (Lipinski definition) is 17. The number of aromatic hydroxyl groups is 12. The molecule has 8 rings (SSSR count). The molecule has 17 N–H and O–H groups in total. The summed E-state index contributed by atoms with van der Waals surface area (Å²) in [6.07, 6.45) is -17.9. The van der Waals surface area contributed by atoms with Gasteiger partial charge in [0.1, 0.15) is 31.0 Å². The summed E-state index contributed by atoms with van der Waals surface area (Å²) in [4.78, 5) is 56.9. The Kier molecular flexibility index (Phi) is 10.0. The van der Waals surface area contributed by atoms with E-state index in [9.17, 15) is 106 Å². The average Bonchev–Trinajstić information content (AvgIpc) is 3.49. The third-order valence-electron chi connectivity index (χ3n) is 11.5. The summed E-state index contributed by atoms with van der Waals surface area (Å²) in [6, 6.07) is 1.20. The van der Waals surface area contributed by atoms with Crippen LogP contribution in [0.3, 0.4) is 0 Å². The van der Waals surface area contributed by atoms with Crippen molar-refractivity contribution in [3.63, 3.8) is 0 Å². The highest BCUT2D eigenvalue weighted by Crippen LogP contribution is 2.60. The predicted molar refractivity (Wildman–Crippen MR) is 199 cm³/mol. The second-order valence-corrected chi connectivity index (χ2v) is 15.1. The smallest absolute Gasteiger partial charge is 0.339 e. The largest absolute Gasteiger partial charge is 0.504 e. The van der Waals surface area contributed by atoms with Gasteiger partial charge in [-0.1, -0.05) is 0 Å². The summed E-state index contributed by atoms with van der Waals surface area (Å²) in [5.41, 5.74) is -9.97. The zero-order valence-electron chi connectivity index (χ0n) is 32.0. The number of hydrogen-bond acceptors (Lipinski definition) is 26. The van der Waals surface area contributed by atoms with Crippen molar-refractivity contribution in [1.82, 2.24) is 0 Å². The summed E-state index contributed by atoms with van der Waals surface area (Å²) >= 11 is 0. The van der Waals surface area contributed by atoms with E-state index in [2.05, 4.69) is 0 Å². The van der Waals surface area contributed by atoms with E-state index in [0.717, 1.165) is 0 Å². The van der Waals surface area contributed by atoms with E-state index < -0.39 is 211 Å². The fraction of sp³-hybridized carbons (Fsp3) is 0.282. The number of rotatable bonds is 3. The molecule has 65 heavy (non-hydrogen) atoms. The van der Waals surface area contributed by atoms with Crippen LogP contribution >= 0.6 is 0 Å². The van der Waals surface area contributed by atoms with Gasteiger partial charge in [-0.3, -0.25) is 0 Å². The van der Waals surface area contributed by atoms with E-state index in [-0.39, 0.29) is 0 Å². The van der Waals surface area contributed by atoms with Crippen molar-refractivity contribution < 1.29 is 130 Å². The number of benzene rings is 4. The van der Waals surface area contributed by atoms with E-state index in [0.29, 0.717) is 18.2 Å². The first-order valence-electron chi connectivity index (χ1n) is 18.5. The van der Waals surface area contributed by atoms with Gasteiger partial charge in [0.25, 0.3) is 0 Å². The fourth-order valence-electron chi connectivity index (χ4n) is 8.36. The van der Waals surface area contributed by atoms with E-state index in [1.54, 1.807) is 0 Å². The summed E-state index contributed by atoms with van der Waals surface area (Å²) < 4.78 is 27.5. The fourth-order valence-corrected chi connectivity index (χ4v) is 8.36. The van der Waals surface area contributed by atoms with E-state index in [1.165, 1.54) is 0 Å². The molecular formula is C39H32O26. The number of ether oxygens (including phenoxy) is 5. The minimum absolute atomic E-state index is 0.356. The number of fused-ring (bicyclic) bond motifs is 7. The second kappa shape index (κ2) is 14.9. The van der Waals surface area contributed by atoms with Crippen molar-refractivity contribution in [2.24, 2.45) is 0 Å². The van der Waals surface area contributed by atoms with Crippen LogP contribution in [0, 0.1) is 0 Å². The lowest BCUT2D eigenvalue weighted by Gasteiger charge is -2.44. The average molecular weight is 917 g/mol. The molecule has 0 unspecified atom stereocenters. The highest BCUT2D eigenvalue weighted by atomic mass is 16.7. The SMILES string of the molecule is O=C1OC[C@@H](O)[C@H]([C@@H]2OC(=O)c3cc(O)c(O)c(O)c3-c3c(O)c(O)c(O)c4c3C(=O)O[C@@H]2[C@@H]4[C@@H]2O[C@@](O)(CO)[C@@H](O)[C@H]2O)OC(=O)c2cc(O)c(O)c(O)c2-c2c1cc(O)c(O)c2O. The highest BCUT2D eigenvalue weighted by Gasteiger charge is 2.62. The van der Waals surface area contributed by atoms with Crippen LogP contribution in [0.25, 0.3) is 22.3 Å². The number of carbonyl (C=O) groups excluding carboxylic acids is 4. The molecule has 2 bridgehead atoms. The summed E-state index contributed by atoms with van der Waals surface area (Å²) in [5.74, 6) is -29.7. The van der Waals surface area contributed by atoms with Crippen molar-refractivity contribution in [2.75, 3.05) is 13.2 Å². The van der Waals surface area contributed by atoms with Crippen LogP contribution in [0.2, 0.25) is 0 Å². The molecule has 4 heterocycles. The molecule has 0 radical (unpaired) electrons. The molecule has 26 nitrogen and oxygen atoms in total. The first kappa shape index (κ1) is 43.8. The van der Waals surface area contributed by atoms with Crippen LogP contribution in [0.1, 0.15) is 52.9 Å². The Morgan fingerprint density at radius 2 is 0.923 bits per heavy atom. The van der Waals surface area contributed by atoms with Crippen LogP contribution in [0.15, 0.2) is 18.2 Å². The Morgan fingerprint density at radius 1 is 0.492 bits per heavy atom. The molecule has 4 aliphatic rings. The molecule has 0 amide bonds. The van der Waals surface area contributed by atoms with Gasteiger partial charge in [-0.2, -0.15) is 0 Å². The zero-order valence-corrected chi connectivity index (χ0v) is 32.0. The third kappa shape index (κ3) is 6.18. The van der Waals surface area contributed by atoms with E-state index in [4.69, 9.17) is 23.7 Å². The molecule has 4 aromatic carbocycles. The molecule has 9 atom stereocenters. The van der Waals surface area contributed by atoms with Gasteiger partial charge in [0, 0.05) is 27.8 Å². The number of aliphatic hydroxyl groups is 5. The van der Waals surface area contributed by atoms with Crippen LogP contribution < -0.4 is 0 Å². The lowest BCUT2D eigenvalue weighted by Crippen LogP contribution is -2.57. The van der Waals surface area contributed by atoms with Gasteiger partial charge < -0.3 is 110 Å². The summed E-state index contributed by atoms with van der Waals surface area (Å²) in [6.45, 7) is -2.91. The number of phenols is 12. The van der Waals surface area contributed by atoms with Gasteiger partial charge in [0.15, 0.2) is 64.3 Å². The number of esters is 4. The number of cyclic esters (lactones) is 3. The van der Waals surface area contributed by atoms with Gasteiger partial charge in [-0.05, 0) is 18.2 Å². The maximum Gasteiger partial charge on any atom is 0.339 e. The van der Waals surface area contributed by atoms with E-state index >= 15 is 0 Å².